The normalized spacial score (nSPS) is 12.1. The van der Waals surface area contributed by atoms with Crippen molar-refractivity contribution in [1.82, 2.24) is 15.4 Å². The first kappa shape index (κ1) is 15.4. The second kappa shape index (κ2) is 6.72. The maximum absolute atomic E-state index is 11.6. The monoisotopic (exact) mass is 328 g/mol. The molecule has 1 atom stereocenters. The molecular weight excluding hydrogens is 312 g/mol. The van der Waals surface area contributed by atoms with Gasteiger partial charge in [0.2, 0.25) is 5.91 Å². The van der Waals surface area contributed by atoms with Gasteiger partial charge < -0.3 is 5.11 Å². The number of anilines is 1. The molecule has 2 heterocycles. The minimum Gasteiger partial charge on any atom is -0.393 e. The lowest BCUT2D eigenvalue weighted by molar-refractivity contribution is -0.122. The van der Waals surface area contributed by atoms with Crippen LogP contribution in [0, 0.1) is 0 Å². The predicted molar refractivity (Wildman–Crippen MR) is 90.9 cm³/mol. The fourth-order valence-electron chi connectivity index (χ4n) is 2.15. The van der Waals surface area contributed by atoms with Gasteiger partial charge in [0, 0.05) is 4.88 Å². The van der Waals surface area contributed by atoms with Crippen molar-refractivity contribution in [3.05, 3.63) is 42.7 Å². The number of nitrogens with one attached hydrogen (secondary N) is 2. The molecule has 1 amide bonds. The van der Waals surface area contributed by atoms with E-state index in [1.807, 2.05) is 36.4 Å². The summed E-state index contributed by atoms with van der Waals surface area (Å²) in [7, 11) is 0. The third-order valence-corrected chi connectivity index (χ3v) is 4.28. The molecule has 3 aromatic rings. The SMILES string of the molecule is C[C@H](O)CC(=O)NNc1ncnc2sc(-c3ccccc3)cc12. The lowest BCUT2D eigenvalue weighted by Crippen LogP contribution is -2.31. The van der Waals surface area contributed by atoms with E-state index in [1.165, 1.54) is 6.33 Å². The minimum absolute atomic E-state index is 0.0279. The molecule has 0 aliphatic heterocycles. The van der Waals surface area contributed by atoms with Crippen molar-refractivity contribution in [2.24, 2.45) is 0 Å². The number of fused-ring (bicyclic) bond motifs is 1. The van der Waals surface area contributed by atoms with E-state index in [4.69, 9.17) is 0 Å². The molecular formula is C16H16N4O2S. The first-order chi connectivity index (χ1) is 11.1. The van der Waals surface area contributed by atoms with Gasteiger partial charge in [-0.3, -0.25) is 15.6 Å². The summed E-state index contributed by atoms with van der Waals surface area (Å²) in [4.78, 5) is 22.0. The second-order valence-corrected chi connectivity index (χ2v) is 6.17. The van der Waals surface area contributed by atoms with Crippen molar-refractivity contribution in [2.45, 2.75) is 19.4 Å². The molecule has 0 saturated heterocycles. The van der Waals surface area contributed by atoms with Gasteiger partial charge >= 0.3 is 0 Å². The first-order valence-corrected chi connectivity index (χ1v) is 7.98. The average Bonchev–Trinajstić information content (AvgIpc) is 2.98. The van der Waals surface area contributed by atoms with E-state index in [0.717, 1.165) is 20.7 Å². The highest BCUT2D eigenvalue weighted by molar-refractivity contribution is 7.21. The van der Waals surface area contributed by atoms with Crippen LogP contribution in [0.5, 0.6) is 0 Å². The number of amides is 1. The van der Waals surface area contributed by atoms with E-state index in [0.29, 0.717) is 5.82 Å². The molecule has 3 N–H and O–H groups in total. The van der Waals surface area contributed by atoms with E-state index >= 15 is 0 Å². The zero-order valence-corrected chi connectivity index (χ0v) is 13.3. The molecule has 0 unspecified atom stereocenters. The van der Waals surface area contributed by atoms with Crippen LogP contribution in [0.15, 0.2) is 42.7 Å². The summed E-state index contributed by atoms with van der Waals surface area (Å²) in [6.07, 6.45) is 0.796. The molecule has 23 heavy (non-hydrogen) atoms. The number of aliphatic hydroxyl groups is 1. The number of carbonyl (C=O) groups is 1. The first-order valence-electron chi connectivity index (χ1n) is 7.16. The number of aromatic nitrogens is 2. The van der Waals surface area contributed by atoms with Gasteiger partial charge in [0.05, 0.1) is 17.9 Å². The Labute approximate surface area is 137 Å². The predicted octanol–water partition coefficient (Wildman–Crippen LogP) is 2.57. The standard InChI is InChI=1S/C16H16N4O2S/c1-10(21)7-14(22)19-20-15-12-8-13(11-5-3-2-4-6-11)23-16(12)18-9-17-15/h2-6,8-10,21H,7H2,1H3,(H,19,22)(H,17,18,20)/t10-/m0/s1. The molecule has 7 heteroatoms. The third-order valence-electron chi connectivity index (χ3n) is 3.19. The Morgan fingerprint density at radius 1 is 1.30 bits per heavy atom. The number of hydrazine groups is 1. The van der Waals surface area contributed by atoms with Gasteiger partial charge in [0.15, 0.2) is 5.82 Å². The molecule has 0 aliphatic carbocycles. The van der Waals surface area contributed by atoms with Crippen molar-refractivity contribution < 1.29 is 9.90 Å². The van der Waals surface area contributed by atoms with Crippen LogP contribution in [0.25, 0.3) is 20.7 Å². The number of rotatable bonds is 5. The summed E-state index contributed by atoms with van der Waals surface area (Å²) in [5, 5.41) is 10.0. The summed E-state index contributed by atoms with van der Waals surface area (Å²) in [6.45, 7) is 1.56. The Bertz CT molecular complexity index is 817. The average molecular weight is 328 g/mol. The van der Waals surface area contributed by atoms with E-state index in [9.17, 15) is 9.90 Å². The number of aliphatic hydroxyl groups excluding tert-OH is 1. The van der Waals surface area contributed by atoms with Crippen molar-refractivity contribution >= 4 is 33.3 Å². The molecule has 0 bridgehead atoms. The van der Waals surface area contributed by atoms with Crippen molar-refractivity contribution in [3.8, 4) is 10.4 Å². The van der Waals surface area contributed by atoms with Crippen molar-refractivity contribution in [3.63, 3.8) is 0 Å². The number of benzene rings is 1. The molecule has 0 spiro atoms. The summed E-state index contributed by atoms with van der Waals surface area (Å²) < 4.78 is 0. The van der Waals surface area contributed by atoms with Gasteiger partial charge in [-0.2, -0.15) is 0 Å². The van der Waals surface area contributed by atoms with Gasteiger partial charge in [0.1, 0.15) is 11.2 Å². The van der Waals surface area contributed by atoms with Crippen LogP contribution in [-0.4, -0.2) is 27.1 Å². The lowest BCUT2D eigenvalue weighted by Gasteiger charge is -2.09. The molecule has 0 radical (unpaired) electrons. The Kier molecular flexibility index (Phi) is 4.50. The van der Waals surface area contributed by atoms with Crippen molar-refractivity contribution in [1.29, 1.82) is 0 Å². The fourth-order valence-corrected chi connectivity index (χ4v) is 3.15. The molecule has 0 fully saturated rings. The number of hydrogen-bond acceptors (Lipinski definition) is 6. The smallest absolute Gasteiger partial charge is 0.240 e. The van der Waals surface area contributed by atoms with Crippen LogP contribution in [0.1, 0.15) is 13.3 Å². The van der Waals surface area contributed by atoms with Gasteiger partial charge in [-0.15, -0.1) is 11.3 Å². The second-order valence-electron chi connectivity index (χ2n) is 5.14. The maximum Gasteiger partial charge on any atom is 0.240 e. The van der Waals surface area contributed by atoms with E-state index < -0.39 is 6.10 Å². The largest absolute Gasteiger partial charge is 0.393 e. The summed E-state index contributed by atoms with van der Waals surface area (Å²) >= 11 is 1.57. The summed E-state index contributed by atoms with van der Waals surface area (Å²) in [5.41, 5.74) is 6.45. The zero-order valence-electron chi connectivity index (χ0n) is 12.5. The maximum atomic E-state index is 11.6. The Hall–Kier alpha value is -2.51. The third kappa shape index (κ3) is 3.64. The Morgan fingerprint density at radius 2 is 2.09 bits per heavy atom. The molecule has 1 aromatic carbocycles. The zero-order chi connectivity index (χ0) is 16.2. The highest BCUT2D eigenvalue weighted by Gasteiger charge is 2.11. The van der Waals surface area contributed by atoms with E-state index in [1.54, 1.807) is 18.3 Å². The summed E-state index contributed by atoms with van der Waals surface area (Å²) in [6, 6.07) is 12.0. The van der Waals surface area contributed by atoms with Gasteiger partial charge in [0.25, 0.3) is 0 Å². The quantitative estimate of drug-likeness (QED) is 0.627. The molecule has 6 nitrogen and oxygen atoms in total. The Balaban J connectivity index is 1.84. The molecule has 0 aliphatic rings. The lowest BCUT2D eigenvalue weighted by atomic mass is 10.2. The number of thiophene rings is 1. The van der Waals surface area contributed by atoms with Crippen LogP contribution < -0.4 is 10.9 Å². The topological polar surface area (TPSA) is 87.1 Å². The van der Waals surface area contributed by atoms with Gasteiger partial charge in [-0.05, 0) is 18.6 Å². The van der Waals surface area contributed by atoms with Crippen LogP contribution in [0.2, 0.25) is 0 Å². The summed E-state index contributed by atoms with van der Waals surface area (Å²) in [5.74, 6) is 0.234. The van der Waals surface area contributed by atoms with Crippen LogP contribution >= 0.6 is 11.3 Å². The number of carbonyl (C=O) groups excluding carboxylic acids is 1. The molecule has 3 rings (SSSR count). The molecule has 0 saturated carbocycles. The highest BCUT2D eigenvalue weighted by Crippen LogP contribution is 2.34. The van der Waals surface area contributed by atoms with Gasteiger partial charge in [-0.1, -0.05) is 30.3 Å². The van der Waals surface area contributed by atoms with Crippen LogP contribution in [0.4, 0.5) is 5.82 Å². The molecule has 2 aromatic heterocycles. The molecule has 118 valence electrons. The highest BCUT2D eigenvalue weighted by atomic mass is 32.1. The number of nitrogens with zero attached hydrogens (tertiary/aromatic N) is 2. The minimum atomic E-state index is -0.687. The van der Waals surface area contributed by atoms with Gasteiger partial charge in [-0.25, -0.2) is 9.97 Å². The van der Waals surface area contributed by atoms with Crippen LogP contribution in [0.3, 0.4) is 0 Å². The Morgan fingerprint density at radius 3 is 2.83 bits per heavy atom. The van der Waals surface area contributed by atoms with Crippen LogP contribution in [-0.2, 0) is 4.79 Å². The van der Waals surface area contributed by atoms with E-state index in [-0.39, 0.29) is 12.3 Å². The van der Waals surface area contributed by atoms with Crippen molar-refractivity contribution in [2.75, 3.05) is 5.43 Å². The number of hydrogen-bond donors (Lipinski definition) is 3. The van der Waals surface area contributed by atoms with E-state index in [2.05, 4.69) is 20.8 Å². The fraction of sp³-hybridized carbons (Fsp3) is 0.188.